The van der Waals surface area contributed by atoms with Gasteiger partial charge in [-0.2, -0.15) is 0 Å². The minimum absolute atomic E-state index is 0.00460. The van der Waals surface area contributed by atoms with Crippen molar-refractivity contribution >= 4 is 11.9 Å². The third kappa shape index (κ3) is 6.41. The fourth-order valence-electron chi connectivity index (χ4n) is 2.46. The number of carbonyl (C=O) groups is 2. The van der Waals surface area contributed by atoms with Crippen LogP contribution in [-0.2, 0) is 19.1 Å². The summed E-state index contributed by atoms with van der Waals surface area (Å²) in [5.41, 5.74) is 0. The van der Waals surface area contributed by atoms with Gasteiger partial charge in [0.1, 0.15) is 6.61 Å². The number of carbonyl (C=O) groups excluding carboxylic acids is 2. The zero-order valence-corrected chi connectivity index (χ0v) is 12.8. The quantitative estimate of drug-likeness (QED) is 0.418. The fourth-order valence-corrected chi connectivity index (χ4v) is 2.46. The molecule has 2 N–H and O–H groups in total. The van der Waals surface area contributed by atoms with Crippen molar-refractivity contribution in [3.05, 3.63) is 24.3 Å². The van der Waals surface area contributed by atoms with E-state index in [2.05, 4.69) is 0 Å². The smallest absolute Gasteiger partial charge is 0.363 e. The molecule has 0 heterocycles. The van der Waals surface area contributed by atoms with Crippen LogP contribution in [0, 0.1) is 11.8 Å². The molecular formula is C16H24O6. The maximum absolute atomic E-state index is 12.1. The molecule has 1 rings (SSSR count). The Bertz CT molecular complexity index is 413. The Morgan fingerprint density at radius 1 is 1.18 bits per heavy atom. The van der Waals surface area contributed by atoms with E-state index in [4.69, 9.17) is 19.7 Å². The van der Waals surface area contributed by atoms with E-state index in [0.29, 0.717) is 6.42 Å². The molecule has 6 nitrogen and oxygen atoms in total. The van der Waals surface area contributed by atoms with Gasteiger partial charge in [-0.25, -0.2) is 4.79 Å². The molecule has 0 amide bonds. The van der Waals surface area contributed by atoms with Crippen molar-refractivity contribution in [2.24, 2.45) is 11.8 Å². The Kier molecular flexibility index (Phi) is 8.47. The monoisotopic (exact) mass is 312 g/mol. The number of esters is 2. The van der Waals surface area contributed by atoms with Crippen LogP contribution in [0.15, 0.2) is 24.3 Å². The van der Waals surface area contributed by atoms with Crippen LogP contribution in [0.4, 0.5) is 0 Å². The summed E-state index contributed by atoms with van der Waals surface area (Å²) in [5, 5.41) is 17.4. The van der Waals surface area contributed by atoms with Crippen LogP contribution >= 0.6 is 0 Å². The fraction of sp³-hybridized carbons (Fsp3) is 0.625. The highest BCUT2D eigenvalue weighted by Crippen LogP contribution is 2.31. The van der Waals surface area contributed by atoms with Gasteiger partial charge in [0, 0.05) is 5.92 Å². The maximum atomic E-state index is 12.1. The molecule has 0 aromatic carbocycles. The first-order valence-electron chi connectivity index (χ1n) is 7.53. The first-order valence-corrected chi connectivity index (χ1v) is 7.53. The molecule has 0 aromatic rings. The topological polar surface area (TPSA) is 93.1 Å². The van der Waals surface area contributed by atoms with Crippen LogP contribution in [0.3, 0.4) is 0 Å². The summed E-state index contributed by atoms with van der Waals surface area (Å²) in [7, 11) is 0. The summed E-state index contributed by atoms with van der Waals surface area (Å²) < 4.78 is 10.0. The van der Waals surface area contributed by atoms with Crippen molar-refractivity contribution in [2.45, 2.75) is 38.9 Å². The number of hydrogen-bond donors (Lipinski definition) is 2. The number of ether oxygens (including phenoxy) is 2. The van der Waals surface area contributed by atoms with Crippen molar-refractivity contribution in [3.63, 3.8) is 0 Å². The lowest BCUT2D eigenvalue weighted by Crippen LogP contribution is -2.34. The van der Waals surface area contributed by atoms with Crippen molar-refractivity contribution in [3.8, 4) is 0 Å². The van der Waals surface area contributed by atoms with E-state index in [1.54, 1.807) is 12.2 Å². The van der Waals surface area contributed by atoms with E-state index in [-0.39, 0.29) is 31.0 Å². The van der Waals surface area contributed by atoms with Gasteiger partial charge in [-0.1, -0.05) is 31.1 Å². The second-order valence-corrected chi connectivity index (χ2v) is 5.24. The molecule has 0 radical (unpaired) electrons. The highest BCUT2D eigenvalue weighted by Gasteiger charge is 2.33. The zero-order valence-electron chi connectivity index (χ0n) is 12.8. The summed E-state index contributed by atoms with van der Waals surface area (Å²) in [6, 6.07) is 0. The molecule has 0 spiro atoms. The SMILES string of the molecule is C/C=C/C=C/COC(=O)[C@@H]1CCCC[C@H]1COC(=O)C(O)O. The third-order valence-corrected chi connectivity index (χ3v) is 3.62. The van der Waals surface area contributed by atoms with E-state index in [0.717, 1.165) is 19.3 Å². The Hall–Kier alpha value is -1.66. The van der Waals surface area contributed by atoms with E-state index in [1.807, 2.05) is 19.1 Å². The Balaban J connectivity index is 2.46. The van der Waals surface area contributed by atoms with Gasteiger partial charge in [0.2, 0.25) is 0 Å². The number of rotatable bonds is 7. The molecule has 1 fully saturated rings. The van der Waals surface area contributed by atoms with Gasteiger partial charge >= 0.3 is 11.9 Å². The number of hydrogen-bond acceptors (Lipinski definition) is 6. The van der Waals surface area contributed by atoms with Gasteiger partial charge < -0.3 is 19.7 Å². The lowest BCUT2D eigenvalue weighted by molar-refractivity contribution is -0.176. The first kappa shape index (κ1) is 18.4. The van der Waals surface area contributed by atoms with Crippen LogP contribution in [0.5, 0.6) is 0 Å². The zero-order chi connectivity index (χ0) is 16.4. The Morgan fingerprint density at radius 2 is 1.91 bits per heavy atom. The summed E-state index contributed by atoms with van der Waals surface area (Å²) in [6.45, 7) is 2.11. The van der Waals surface area contributed by atoms with Crippen LogP contribution < -0.4 is 0 Å². The predicted molar refractivity (Wildman–Crippen MR) is 79.5 cm³/mol. The van der Waals surface area contributed by atoms with E-state index in [1.165, 1.54) is 0 Å². The van der Waals surface area contributed by atoms with Gasteiger partial charge in [0.05, 0.1) is 12.5 Å². The molecule has 22 heavy (non-hydrogen) atoms. The minimum atomic E-state index is -2.13. The molecule has 124 valence electrons. The van der Waals surface area contributed by atoms with Gasteiger partial charge in [-0.15, -0.1) is 0 Å². The highest BCUT2D eigenvalue weighted by atomic mass is 16.6. The van der Waals surface area contributed by atoms with Gasteiger partial charge in [0.25, 0.3) is 6.29 Å². The highest BCUT2D eigenvalue weighted by molar-refractivity contribution is 5.74. The lowest BCUT2D eigenvalue weighted by atomic mass is 9.80. The number of aliphatic hydroxyl groups is 2. The summed E-state index contributed by atoms with van der Waals surface area (Å²) in [6.07, 6.45) is 8.47. The molecule has 6 heteroatoms. The summed E-state index contributed by atoms with van der Waals surface area (Å²) >= 11 is 0. The summed E-state index contributed by atoms with van der Waals surface area (Å²) in [5.74, 6) is -1.83. The molecule has 0 unspecified atom stereocenters. The minimum Gasteiger partial charge on any atom is -0.462 e. The molecule has 1 aliphatic rings. The second kappa shape index (κ2) is 10.1. The number of aliphatic hydroxyl groups excluding tert-OH is 1. The maximum Gasteiger partial charge on any atom is 0.363 e. The normalized spacial score (nSPS) is 22.4. The molecule has 1 saturated carbocycles. The first-order chi connectivity index (χ1) is 10.6. The molecule has 0 aliphatic heterocycles. The van der Waals surface area contributed by atoms with Gasteiger partial charge in [-0.3, -0.25) is 4.79 Å². The third-order valence-electron chi connectivity index (χ3n) is 3.62. The Labute approximate surface area is 130 Å². The molecule has 0 saturated heterocycles. The molecule has 2 atom stereocenters. The van der Waals surface area contributed by atoms with Crippen molar-refractivity contribution in [1.29, 1.82) is 0 Å². The summed E-state index contributed by atoms with van der Waals surface area (Å²) in [4.78, 5) is 23.2. The molecular weight excluding hydrogens is 288 g/mol. The Morgan fingerprint density at radius 3 is 2.59 bits per heavy atom. The van der Waals surface area contributed by atoms with Crippen LogP contribution in [0.1, 0.15) is 32.6 Å². The second-order valence-electron chi connectivity index (χ2n) is 5.24. The largest absolute Gasteiger partial charge is 0.462 e. The van der Waals surface area contributed by atoms with E-state index < -0.39 is 12.3 Å². The predicted octanol–water partition coefficient (Wildman–Crippen LogP) is 1.32. The molecule has 1 aliphatic carbocycles. The van der Waals surface area contributed by atoms with Crippen molar-refractivity contribution < 1.29 is 29.3 Å². The van der Waals surface area contributed by atoms with E-state index in [9.17, 15) is 9.59 Å². The van der Waals surface area contributed by atoms with Crippen LogP contribution in [0.25, 0.3) is 0 Å². The lowest BCUT2D eigenvalue weighted by Gasteiger charge is -2.29. The average molecular weight is 312 g/mol. The molecule has 0 bridgehead atoms. The standard InChI is InChI=1S/C16H24O6/c1-2-3-4-7-10-21-15(19)13-9-6-5-8-12(13)11-22-16(20)14(17)18/h2-4,7,12-14,17-18H,5-6,8-11H2,1H3/b3-2+,7-4+/t12-,13+/m0/s1. The van der Waals surface area contributed by atoms with Crippen LogP contribution in [0.2, 0.25) is 0 Å². The van der Waals surface area contributed by atoms with Crippen molar-refractivity contribution in [1.82, 2.24) is 0 Å². The van der Waals surface area contributed by atoms with E-state index >= 15 is 0 Å². The number of allylic oxidation sites excluding steroid dienone is 3. The van der Waals surface area contributed by atoms with Gasteiger partial charge in [0.15, 0.2) is 0 Å². The molecule has 0 aromatic heterocycles. The van der Waals surface area contributed by atoms with Crippen LogP contribution in [-0.4, -0.2) is 41.7 Å². The van der Waals surface area contributed by atoms with Crippen molar-refractivity contribution in [2.75, 3.05) is 13.2 Å². The van der Waals surface area contributed by atoms with Gasteiger partial charge in [-0.05, 0) is 25.8 Å². The average Bonchev–Trinajstić information content (AvgIpc) is 2.52.